The Balaban J connectivity index is 2.09. The average Bonchev–Trinajstić information content (AvgIpc) is 2.59. The van der Waals surface area contributed by atoms with Crippen molar-refractivity contribution in [3.05, 3.63) is 12.3 Å². The second kappa shape index (κ2) is 5.72. The van der Waals surface area contributed by atoms with Crippen LogP contribution in [0.5, 0.6) is 0 Å². The van der Waals surface area contributed by atoms with Gasteiger partial charge in [-0.25, -0.2) is 0 Å². The van der Waals surface area contributed by atoms with Gasteiger partial charge < -0.3 is 9.64 Å². The molecule has 0 aliphatic carbocycles. The SMILES string of the molecule is C=C(C)N1CCC(CCCOC(C)(C)C)C1. The van der Waals surface area contributed by atoms with Crippen LogP contribution in [0.3, 0.4) is 0 Å². The molecule has 16 heavy (non-hydrogen) atoms. The van der Waals surface area contributed by atoms with Gasteiger partial charge in [0.1, 0.15) is 0 Å². The van der Waals surface area contributed by atoms with Gasteiger partial charge in [0, 0.05) is 25.4 Å². The lowest BCUT2D eigenvalue weighted by Crippen LogP contribution is -2.20. The van der Waals surface area contributed by atoms with Gasteiger partial charge in [-0.3, -0.25) is 0 Å². The Morgan fingerprint density at radius 2 is 2.12 bits per heavy atom. The minimum absolute atomic E-state index is 0.0133. The third-order valence-electron chi connectivity index (χ3n) is 3.12. The number of nitrogens with zero attached hydrogens (tertiary/aromatic N) is 1. The highest BCUT2D eigenvalue weighted by Gasteiger charge is 2.21. The number of ether oxygens (including phenoxy) is 1. The van der Waals surface area contributed by atoms with Crippen molar-refractivity contribution < 1.29 is 4.74 Å². The second-order valence-corrected chi connectivity index (χ2v) is 5.94. The van der Waals surface area contributed by atoms with Crippen LogP contribution in [0, 0.1) is 5.92 Å². The summed E-state index contributed by atoms with van der Waals surface area (Å²) in [7, 11) is 0. The van der Waals surface area contributed by atoms with Gasteiger partial charge in [-0.05, 0) is 52.9 Å². The maximum atomic E-state index is 5.73. The van der Waals surface area contributed by atoms with Crippen LogP contribution in [-0.4, -0.2) is 30.2 Å². The average molecular weight is 225 g/mol. The van der Waals surface area contributed by atoms with E-state index >= 15 is 0 Å². The lowest BCUT2D eigenvalue weighted by atomic mass is 10.0. The summed E-state index contributed by atoms with van der Waals surface area (Å²) in [6.45, 7) is 15.7. The van der Waals surface area contributed by atoms with Crippen LogP contribution in [-0.2, 0) is 4.74 Å². The third-order valence-corrected chi connectivity index (χ3v) is 3.12. The highest BCUT2D eigenvalue weighted by molar-refractivity contribution is 4.93. The van der Waals surface area contributed by atoms with Crippen molar-refractivity contribution >= 4 is 0 Å². The fraction of sp³-hybridized carbons (Fsp3) is 0.857. The van der Waals surface area contributed by atoms with Gasteiger partial charge in [-0.1, -0.05) is 6.58 Å². The number of hydrogen-bond acceptors (Lipinski definition) is 2. The van der Waals surface area contributed by atoms with E-state index in [4.69, 9.17) is 4.74 Å². The summed E-state index contributed by atoms with van der Waals surface area (Å²) < 4.78 is 5.73. The van der Waals surface area contributed by atoms with E-state index in [1.165, 1.54) is 38.0 Å². The Morgan fingerprint density at radius 3 is 2.62 bits per heavy atom. The van der Waals surface area contributed by atoms with E-state index in [1.807, 2.05) is 0 Å². The van der Waals surface area contributed by atoms with E-state index in [0.717, 1.165) is 12.5 Å². The molecule has 1 fully saturated rings. The summed E-state index contributed by atoms with van der Waals surface area (Å²) >= 11 is 0. The lowest BCUT2D eigenvalue weighted by molar-refractivity contribution is -0.00576. The zero-order chi connectivity index (χ0) is 12.2. The predicted octanol–water partition coefficient (Wildman–Crippen LogP) is 3.44. The fourth-order valence-electron chi connectivity index (χ4n) is 2.17. The van der Waals surface area contributed by atoms with Crippen LogP contribution < -0.4 is 0 Å². The Hall–Kier alpha value is -0.500. The van der Waals surface area contributed by atoms with Crippen LogP contribution in [0.15, 0.2) is 12.3 Å². The quantitative estimate of drug-likeness (QED) is 0.665. The number of allylic oxidation sites excluding steroid dienone is 1. The molecule has 0 radical (unpaired) electrons. The van der Waals surface area contributed by atoms with Crippen LogP contribution in [0.4, 0.5) is 0 Å². The first-order chi connectivity index (χ1) is 7.38. The van der Waals surface area contributed by atoms with Crippen LogP contribution in [0.1, 0.15) is 47.0 Å². The van der Waals surface area contributed by atoms with Crippen molar-refractivity contribution in [2.45, 2.75) is 52.6 Å². The molecule has 0 saturated carbocycles. The van der Waals surface area contributed by atoms with Gasteiger partial charge in [0.05, 0.1) is 5.60 Å². The molecule has 0 aromatic rings. The van der Waals surface area contributed by atoms with Crippen LogP contribution >= 0.6 is 0 Å². The molecule has 2 nitrogen and oxygen atoms in total. The molecule has 1 heterocycles. The van der Waals surface area contributed by atoms with Gasteiger partial charge in [0.25, 0.3) is 0 Å². The normalized spacial score (nSPS) is 21.5. The Kier molecular flexibility index (Phi) is 4.85. The van der Waals surface area contributed by atoms with Crippen molar-refractivity contribution in [3.63, 3.8) is 0 Å². The minimum Gasteiger partial charge on any atom is -0.376 e. The standard InChI is InChI=1S/C14H27NO/c1-12(2)15-9-8-13(11-15)7-6-10-16-14(3,4)5/h13H,1,6-11H2,2-5H3. The Bertz CT molecular complexity index is 229. The largest absolute Gasteiger partial charge is 0.376 e. The molecule has 1 atom stereocenters. The van der Waals surface area contributed by atoms with Crippen LogP contribution in [0.25, 0.3) is 0 Å². The molecule has 1 saturated heterocycles. The molecule has 2 heteroatoms. The molecule has 0 bridgehead atoms. The summed E-state index contributed by atoms with van der Waals surface area (Å²) in [5.41, 5.74) is 1.23. The second-order valence-electron chi connectivity index (χ2n) is 5.94. The highest BCUT2D eigenvalue weighted by atomic mass is 16.5. The summed E-state index contributed by atoms with van der Waals surface area (Å²) in [5, 5.41) is 0. The molecular formula is C14H27NO. The fourth-order valence-corrected chi connectivity index (χ4v) is 2.17. The van der Waals surface area contributed by atoms with Gasteiger partial charge in [0.2, 0.25) is 0 Å². The minimum atomic E-state index is 0.0133. The molecule has 94 valence electrons. The maximum absolute atomic E-state index is 5.73. The molecule has 0 N–H and O–H groups in total. The monoisotopic (exact) mass is 225 g/mol. The van der Waals surface area contributed by atoms with Crippen molar-refractivity contribution in [2.75, 3.05) is 19.7 Å². The molecule has 1 aliphatic rings. The molecular weight excluding hydrogens is 198 g/mol. The van der Waals surface area contributed by atoms with E-state index in [-0.39, 0.29) is 5.60 Å². The highest BCUT2D eigenvalue weighted by Crippen LogP contribution is 2.23. The van der Waals surface area contributed by atoms with E-state index < -0.39 is 0 Å². The van der Waals surface area contributed by atoms with E-state index in [2.05, 4.69) is 39.2 Å². The van der Waals surface area contributed by atoms with Gasteiger partial charge in [0.15, 0.2) is 0 Å². The summed E-state index contributed by atoms with van der Waals surface area (Å²) in [6.07, 6.45) is 3.80. The third kappa shape index (κ3) is 5.02. The number of rotatable bonds is 5. The zero-order valence-electron chi connectivity index (χ0n) is 11.4. The van der Waals surface area contributed by atoms with Gasteiger partial charge in [-0.2, -0.15) is 0 Å². The van der Waals surface area contributed by atoms with Crippen molar-refractivity contribution in [3.8, 4) is 0 Å². The van der Waals surface area contributed by atoms with Crippen LogP contribution in [0.2, 0.25) is 0 Å². The van der Waals surface area contributed by atoms with Crippen molar-refractivity contribution in [1.82, 2.24) is 4.90 Å². The molecule has 1 rings (SSSR count). The first-order valence-corrected chi connectivity index (χ1v) is 6.43. The number of hydrogen-bond donors (Lipinski definition) is 0. The Labute approximate surface area is 101 Å². The smallest absolute Gasteiger partial charge is 0.0598 e. The molecule has 1 aliphatic heterocycles. The topological polar surface area (TPSA) is 12.5 Å². The molecule has 0 spiro atoms. The van der Waals surface area contributed by atoms with Gasteiger partial charge >= 0.3 is 0 Å². The molecule has 0 aromatic carbocycles. The predicted molar refractivity (Wildman–Crippen MR) is 69.4 cm³/mol. The lowest BCUT2D eigenvalue weighted by Gasteiger charge is -2.20. The number of likely N-dealkylation sites (tertiary alicyclic amines) is 1. The molecule has 0 amide bonds. The van der Waals surface area contributed by atoms with E-state index in [0.29, 0.717) is 0 Å². The molecule has 1 unspecified atom stereocenters. The first-order valence-electron chi connectivity index (χ1n) is 6.43. The summed E-state index contributed by atoms with van der Waals surface area (Å²) in [6, 6.07) is 0. The van der Waals surface area contributed by atoms with Crippen molar-refractivity contribution in [2.24, 2.45) is 5.92 Å². The summed E-state index contributed by atoms with van der Waals surface area (Å²) in [4.78, 5) is 2.40. The van der Waals surface area contributed by atoms with Gasteiger partial charge in [-0.15, -0.1) is 0 Å². The summed E-state index contributed by atoms with van der Waals surface area (Å²) in [5.74, 6) is 0.847. The molecule has 0 aromatic heterocycles. The van der Waals surface area contributed by atoms with E-state index in [1.54, 1.807) is 0 Å². The maximum Gasteiger partial charge on any atom is 0.0598 e. The first kappa shape index (κ1) is 13.6. The Morgan fingerprint density at radius 1 is 1.44 bits per heavy atom. The van der Waals surface area contributed by atoms with E-state index in [9.17, 15) is 0 Å². The zero-order valence-corrected chi connectivity index (χ0v) is 11.4. The van der Waals surface area contributed by atoms with Crippen molar-refractivity contribution in [1.29, 1.82) is 0 Å².